The fraction of sp³-hybridized carbons (Fsp3) is 0.429. The highest BCUT2D eigenvalue weighted by Crippen LogP contribution is 2.26. The SMILES string of the molecule is COc1ccc(Cn2cc(OP)c(=O)cc2C(=O)N2CC[C@@H](N(C)C)C2)c(OC)c1. The first kappa shape index (κ1) is 22.1. The monoisotopic (exact) mass is 433 g/mol. The number of amides is 1. The summed E-state index contributed by atoms with van der Waals surface area (Å²) in [6, 6.07) is 7.15. The number of ether oxygens (including phenoxy) is 2. The molecule has 2 aromatic rings. The molecule has 162 valence electrons. The third-order valence-corrected chi connectivity index (χ3v) is 5.71. The molecule has 0 bridgehead atoms. The van der Waals surface area contributed by atoms with Crippen LogP contribution < -0.4 is 19.4 Å². The van der Waals surface area contributed by atoms with Gasteiger partial charge in [0.2, 0.25) is 5.43 Å². The van der Waals surface area contributed by atoms with Crippen molar-refractivity contribution in [3.8, 4) is 17.2 Å². The van der Waals surface area contributed by atoms with Crippen molar-refractivity contribution in [1.29, 1.82) is 0 Å². The van der Waals surface area contributed by atoms with Gasteiger partial charge in [0.1, 0.15) is 17.2 Å². The first-order valence-corrected chi connectivity index (χ1v) is 10.1. The van der Waals surface area contributed by atoms with E-state index in [2.05, 4.69) is 14.4 Å². The molecule has 1 aromatic carbocycles. The highest BCUT2D eigenvalue weighted by atomic mass is 31.0. The molecule has 0 N–H and O–H groups in total. The second-order valence-corrected chi connectivity index (χ2v) is 7.70. The Bertz CT molecular complexity index is 976. The molecule has 3 rings (SSSR count). The normalized spacial score (nSPS) is 16.1. The number of methoxy groups -OCH3 is 2. The van der Waals surface area contributed by atoms with E-state index in [4.69, 9.17) is 14.0 Å². The average Bonchev–Trinajstić information content (AvgIpc) is 3.25. The van der Waals surface area contributed by atoms with Crippen LogP contribution in [0.3, 0.4) is 0 Å². The van der Waals surface area contributed by atoms with Gasteiger partial charge in [-0.3, -0.25) is 9.59 Å². The maximum absolute atomic E-state index is 13.3. The third kappa shape index (κ3) is 4.60. The molecule has 2 atom stereocenters. The summed E-state index contributed by atoms with van der Waals surface area (Å²) in [5, 5.41) is 0. The van der Waals surface area contributed by atoms with Gasteiger partial charge in [-0.05, 0) is 32.6 Å². The van der Waals surface area contributed by atoms with E-state index in [1.165, 1.54) is 6.07 Å². The fourth-order valence-corrected chi connectivity index (χ4v) is 3.81. The second-order valence-electron chi connectivity index (χ2n) is 7.47. The zero-order valence-corrected chi connectivity index (χ0v) is 18.9. The van der Waals surface area contributed by atoms with Crippen molar-refractivity contribution in [3.05, 3.63) is 51.9 Å². The van der Waals surface area contributed by atoms with Gasteiger partial charge >= 0.3 is 0 Å². The predicted molar refractivity (Wildman–Crippen MR) is 118 cm³/mol. The summed E-state index contributed by atoms with van der Waals surface area (Å²) >= 11 is 0. The average molecular weight is 433 g/mol. The van der Waals surface area contributed by atoms with Gasteiger partial charge in [0.15, 0.2) is 5.75 Å². The number of nitrogens with zero attached hydrogens (tertiary/aromatic N) is 3. The number of carbonyl (C=O) groups is 1. The van der Waals surface area contributed by atoms with Crippen LogP contribution in [0, 0.1) is 0 Å². The molecular weight excluding hydrogens is 405 g/mol. The molecule has 0 aliphatic carbocycles. The number of benzene rings is 1. The molecule has 1 fully saturated rings. The minimum absolute atomic E-state index is 0.150. The minimum Gasteiger partial charge on any atom is -0.497 e. The van der Waals surface area contributed by atoms with Gasteiger partial charge in [-0.2, -0.15) is 0 Å². The van der Waals surface area contributed by atoms with Crippen molar-refractivity contribution in [2.75, 3.05) is 41.4 Å². The Morgan fingerprint density at radius 3 is 2.57 bits per heavy atom. The molecule has 30 heavy (non-hydrogen) atoms. The van der Waals surface area contributed by atoms with Crippen molar-refractivity contribution in [1.82, 2.24) is 14.4 Å². The Kier molecular flexibility index (Phi) is 7.00. The smallest absolute Gasteiger partial charge is 0.270 e. The van der Waals surface area contributed by atoms with E-state index in [0.717, 1.165) is 12.0 Å². The predicted octanol–water partition coefficient (Wildman–Crippen LogP) is 1.86. The Morgan fingerprint density at radius 1 is 1.20 bits per heavy atom. The summed E-state index contributed by atoms with van der Waals surface area (Å²) in [6.07, 6.45) is 2.47. The molecule has 1 amide bonds. The van der Waals surface area contributed by atoms with Crippen LogP contribution in [0.4, 0.5) is 0 Å². The van der Waals surface area contributed by atoms with E-state index in [1.54, 1.807) is 35.9 Å². The Hall–Kier alpha value is -2.57. The molecule has 1 aliphatic heterocycles. The maximum atomic E-state index is 13.3. The van der Waals surface area contributed by atoms with Gasteiger partial charge in [0.05, 0.1) is 36.4 Å². The lowest BCUT2D eigenvalue weighted by Crippen LogP contribution is -2.36. The van der Waals surface area contributed by atoms with Crippen molar-refractivity contribution in [3.63, 3.8) is 0 Å². The quantitative estimate of drug-likeness (QED) is 0.621. The van der Waals surface area contributed by atoms with Crippen molar-refractivity contribution < 1.29 is 18.8 Å². The standard InChI is InChI=1S/C21H28N3O5P/c1-22(2)15-7-8-23(12-15)21(26)17-10-18(25)20(29-30)13-24(17)11-14-5-6-16(27-3)9-19(14)28-4/h5-6,9-10,13,15H,7-8,11-12,30H2,1-4H3/t15-/m1/s1. The summed E-state index contributed by atoms with van der Waals surface area (Å²) in [4.78, 5) is 29.6. The highest BCUT2D eigenvalue weighted by Gasteiger charge is 2.30. The van der Waals surface area contributed by atoms with E-state index in [0.29, 0.717) is 42.9 Å². The molecule has 1 aromatic heterocycles. The Balaban J connectivity index is 1.98. The van der Waals surface area contributed by atoms with Crippen LogP contribution in [-0.2, 0) is 6.54 Å². The van der Waals surface area contributed by atoms with Crippen LogP contribution in [0.5, 0.6) is 17.2 Å². The summed E-state index contributed by atoms with van der Waals surface area (Å²) in [7, 11) is 9.27. The molecule has 0 radical (unpaired) electrons. The molecule has 1 unspecified atom stereocenters. The van der Waals surface area contributed by atoms with E-state index >= 15 is 0 Å². The number of hydrogen-bond acceptors (Lipinski definition) is 6. The molecule has 8 nitrogen and oxygen atoms in total. The maximum Gasteiger partial charge on any atom is 0.270 e. The van der Waals surface area contributed by atoms with Crippen LogP contribution in [-0.4, -0.2) is 67.7 Å². The van der Waals surface area contributed by atoms with Crippen molar-refractivity contribution >= 4 is 15.4 Å². The highest BCUT2D eigenvalue weighted by molar-refractivity contribution is 7.10. The first-order valence-electron chi connectivity index (χ1n) is 9.65. The van der Waals surface area contributed by atoms with Crippen LogP contribution in [0.2, 0.25) is 0 Å². The molecule has 9 heteroatoms. The molecule has 1 saturated heterocycles. The molecule has 2 heterocycles. The summed E-state index contributed by atoms with van der Waals surface area (Å²) in [6.45, 7) is 1.62. The van der Waals surface area contributed by atoms with E-state index < -0.39 is 0 Å². The number of carbonyl (C=O) groups excluding carboxylic acids is 1. The van der Waals surface area contributed by atoms with E-state index in [-0.39, 0.29) is 17.1 Å². The lowest BCUT2D eigenvalue weighted by molar-refractivity contribution is 0.0771. The van der Waals surface area contributed by atoms with Crippen molar-refractivity contribution in [2.45, 2.75) is 19.0 Å². The van der Waals surface area contributed by atoms with Gasteiger partial charge in [-0.1, -0.05) is 0 Å². The largest absolute Gasteiger partial charge is 0.497 e. The van der Waals surface area contributed by atoms with Gasteiger partial charge in [0, 0.05) is 36.8 Å². The van der Waals surface area contributed by atoms with Crippen molar-refractivity contribution in [2.24, 2.45) is 0 Å². The minimum atomic E-state index is -0.338. The third-order valence-electron chi connectivity index (χ3n) is 5.46. The van der Waals surface area contributed by atoms with Crippen LogP contribution in [0.1, 0.15) is 22.5 Å². The summed E-state index contributed by atoms with van der Waals surface area (Å²) in [5.41, 5.74) is 0.830. The molecule has 0 saturated carbocycles. The fourth-order valence-electron chi connectivity index (χ4n) is 3.63. The molecule has 1 aliphatic rings. The summed E-state index contributed by atoms with van der Waals surface area (Å²) < 4.78 is 17.6. The van der Waals surface area contributed by atoms with Crippen LogP contribution in [0.15, 0.2) is 35.3 Å². The van der Waals surface area contributed by atoms with Gasteiger partial charge in [0.25, 0.3) is 5.91 Å². The van der Waals surface area contributed by atoms with Crippen LogP contribution >= 0.6 is 9.47 Å². The number of hydrogen-bond donors (Lipinski definition) is 0. The lowest BCUT2D eigenvalue weighted by Gasteiger charge is -2.22. The number of likely N-dealkylation sites (N-methyl/N-ethyl adjacent to an activating group) is 1. The second kappa shape index (κ2) is 9.49. The van der Waals surface area contributed by atoms with Crippen LogP contribution in [0.25, 0.3) is 0 Å². The number of likely N-dealkylation sites (tertiary alicyclic amines) is 1. The van der Waals surface area contributed by atoms with E-state index in [1.807, 2.05) is 26.2 Å². The summed E-state index contributed by atoms with van der Waals surface area (Å²) in [5.74, 6) is 1.29. The topological polar surface area (TPSA) is 73.2 Å². The van der Waals surface area contributed by atoms with E-state index in [9.17, 15) is 9.59 Å². The Morgan fingerprint density at radius 2 is 1.97 bits per heavy atom. The van der Waals surface area contributed by atoms with Gasteiger partial charge in [-0.25, -0.2) is 0 Å². The number of rotatable bonds is 7. The lowest BCUT2D eigenvalue weighted by atomic mass is 10.1. The zero-order chi connectivity index (χ0) is 21.8. The zero-order valence-electron chi connectivity index (χ0n) is 17.8. The molecular formula is C21H28N3O5P. The number of aromatic nitrogens is 1. The van der Waals surface area contributed by atoms with Gasteiger partial charge < -0.3 is 28.4 Å². The Labute approximate surface area is 178 Å². The first-order chi connectivity index (χ1) is 14.4. The van der Waals surface area contributed by atoms with Gasteiger partial charge in [-0.15, -0.1) is 0 Å². The molecule has 0 spiro atoms. The number of pyridine rings is 1.